The maximum atomic E-state index is 6.27. The Kier molecular flexibility index (Phi) is 4.73. The molecule has 3 heteroatoms. The molecule has 20 heavy (non-hydrogen) atoms. The lowest BCUT2D eigenvalue weighted by Gasteiger charge is -2.26. The molecule has 1 aromatic heterocycles. The van der Waals surface area contributed by atoms with E-state index >= 15 is 0 Å². The molecule has 0 spiro atoms. The molecule has 0 fully saturated rings. The van der Waals surface area contributed by atoms with Gasteiger partial charge in [-0.25, -0.2) is 0 Å². The standard InChI is InChI=1S/C17H24N2O/c1-4-17(18,5-2)12-20-11-14-10-13(3)19-16-9-7-6-8-15(14)16/h6-10H,4-5,11-12,18H2,1-3H3. The normalized spacial score (nSPS) is 12.0. The van der Waals surface area contributed by atoms with Crippen LogP contribution >= 0.6 is 0 Å². The van der Waals surface area contributed by atoms with Crippen LogP contribution in [-0.4, -0.2) is 17.1 Å². The van der Waals surface area contributed by atoms with Crippen LogP contribution in [0.5, 0.6) is 0 Å². The van der Waals surface area contributed by atoms with Crippen molar-refractivity contribution in [1.82, 2.24) is 4.98 Å². The minimum absolute atomic E-state index is 0.210. The van der Waals surface area contributed by atoms with Gasteiger partial charge in [0.15, 0.2) is 0 Å². The topological polar surface area (TPSA) is 48.1 Å². The Hall–Kier alpha value is -1.45. The molecular weight excluding hydrogens is 248 g/mol. The molecule has 0 bridgehead atoms. The largest absolute Gasteiger partial charge is 0.375 e. The van der Waals surface area contributed by atoms with Gasteiger partial charge in [0.2, 0.25) is 0 Å². The van der Waals surface area contributed by atoms with Crippen molar-refractivity contribution < 1.29 is 4.74 Å². The summed E-state index contributed by atoms with van der Waals surface area (Å²) in [7, 11) is 0. The fourth-order valence-electron chi connectivity index (χ4n) is 2.33. The fraction of sp³-hybridized carbons (Fsp3) is 0.471. The minimum atomic E-state index is -0.210. The maximum Gasteiger partial charge on any atom is 0.0725 e. The summed E-state index contributed by atoms with van der Waals surface area (Å²) in [6.07, 6.45) is 1.86. The molecule has 0 unspecified atom stereocenters. The third-order valence-corrected chi connectivity index (χ3v) is 3.99. The number of benzene rings is 1. The Morgan fingerprint density at radius 2 is 1.90 bits per heavy atom. The van der Waals surface area contributed by atoms with Gasteiger partial charge < -0.3 is 10.5 Å². The van der Waals surface area contributed by atoms with E-state index in [1.54, 1.807) is 0 Å². The molecule has 3 nitrogen and oxygen atoms in total. The molecule has 0 atom stereocenters. The van der Waals surface area contributed by atoms with Gasteiger partial charge in [-0.15, -0.1) is 0 Å². The van der Waals surface area contributed by atoms with Crippen LogP contribution in [0.25, 0.3) is 10.9 Å². The Morgan fingerprint density at radius 1 is 1.20 bits per heavy atom. The highest BCUT2D eigenvalue weighted by atomic mass is 16.5. The highest BCUT2D eigenvalue weighted by molar-refractivity contribution is 5.82. The van der Waals surface area contributed by atoms with E-state index in [0.29, 0.717) is 13.2 Å². The Labute approximate surface area is 121 Å². The first kappa shape index (κ1) is 14.9. The number of aryl methyl sites for hydroxylation is 1. The van der Waals surface area contributed by atoms with Crippen molar-refractivity contribution in [3.63, 3.8) is 0 Å². The molecule has 0 aliphatic rings. The van der Waals surface area contributed by atoms with Crippen LogP contribution in [0.15, 0.2) is 30.3 Å². The Bertz CT molecular complexity index is 576. The van der Waals surface area contributed by atoms with Crippen molar-refractivity contribution in [2.75, 3.05) is 6.61 Å². The van der Waals surface area contributed by atoms with E-state index < -0.39 is 0 Å². The second kappa shape index (κ2) is 6.33. The van der Waals surface area contributed by atoms with Gasteiger partial charge in [0, 0.05) is 16.6 Å². The molecule has 0 radical (unpaired) electrons. The summed E-state index contributed by atoms with van der Waals surface area (Å²) >= 11 is 0. The lowest BCUT2D eigenvalue weighted by Crippen LogP contribution is -2.43. The molecule has 2 rings (SSSR count). The molecule has 1 heterocycles. The number of para-hydroxylation sites is 1. The van der Waals surface area contributed by atoms with Crippen molar-refractivity contribution >= 4 is 10.9 Å². The number of pyridine rings is 1. The summed E-state index contributed by atoms with van der Waals surface area (Å²) in [5, 5.41) is 1.16. The van der Waals surface area contributed by atoms with E-state index in [2.05, 4.69) is 31.0 Å². The first-order chi connectivity index (χ1) is 9.58. The highest BCUT2D eigenvalue weighted by Gasteiger charge is 2.20. The quantitative estimate of drug-likeness (QED) is 0.874. The lowest BCUT2D eigenvalue weighted by atomic mass is 9.96. The van der Waals surface area contributed by atoms with Crippen LogP contribution in [0.4, 0.5) is 0 Å². The lowest BCUT2D eigenvalue weighted by molar-refractivity contribution is 0.0702. The fourth-order valence-corrected chi connectivity index (χ4v) is 2.33. The average molecular weight is 272 g/mol. The van der Waals surface area contributed by atoms with E-state index in [1.165, 1.54) is 5.56 Å². The van der Waals surface area contributed by atoms with Crippen molar-refractivity contribution in [3.8, 4) is 0 Å². The summed E-state index contributed by atoms with van der Waals surface area (Å²) in [4.78, 5) is 4.55. The number of nitrogens with zero attached hydrogens (tertiary/aromatic N) is 1. The number of ether oxygens (including phenoxy) is 1. The second-order valence-corrected chi connectivity index (χ2v) is 5.50. The summed E-state index contributed by atoms with van der Waals surface area (Å²) < 4.78 is 5.88. The summed E-state index contributed by atoms with van der Waals surface area (Å²) in [6, 6.07) is 10.3. The molecule has 2 aromatic rings. The zero-order valence-corrected chi connectivity index (χ0v) is 12.6. The molecule has 0 saturated heterocycles. The molecule has 1 aromatic carbocycles. The molecule has 0 aliphatic carbocycles. The number of hydrogen-bond acceptors (Lipinski definition) is 3. The van der Waals surface area contributed by atoms with Crippen LogP contribution in [0.3, 0.4) is 0 Å². The minimum Gasteiger partial charge on any atom is -0.375 e. The third kappa shape index (κ3) is 3.35. The molecular formula is C17H24N2O. The number of rotatable bonds is 6. The Morgan fingerprint density at radius 3 is 2.60 bits per heavy atom. The van der Waals surface area contributed by atoms with Crippen LogP contribution in [0.1, 0.15) is 37.9 Å². The van der Waals surface area contributed by atoms with Gasteiger partial charge in [-0.05, 0) is 37.5 Å². The number of nitrogens with two attached hydrogens (primary N) is 1. The molecule has 0 amide bonds. The molecule has 108 valence electrons. The Balaban J connectivity index is 2.14. The number of fused-ring (bicyclic) bond motifs is 1. The van der Waals surface area contributed by atoms with Crippen LogP contribution < -0.4 is 5.73 Å². The van der Waals surface area contributed by atoms with E-state index in [0.717, 1.165) is 29.4 Å². The zero-order valence-electron chi connectivity index (χ0n) is 12.6. The van der Waals surface area contributed by atoms with Gasteiger partial charge in [-0.1, -0.05) is 32.0 Å². The smallest absolute Gasteiger partial charge is 0.0725 e. The third-order valence-electron chi connectivity index (χ3n) is 3.99. The second-order valence-electron chi connectivity index (χ2n) is 5.50. The molecule has 2 N–H and O–H groups in total. The first-order valence-corrected chi connectivity index (χ1v) is 7.30. The van der Waals surface area contributed by atoms with E-state index in [9.17, 15) is 0 Å². The monoisotopic (exact) mass is 272 g/mol. The van der Waals surface area contributed by atoms with E-state index in [4.69, 9.17) is 10.5 Å². The van der Waals surface area contributed by atoms with Gasteiger partial charge in [-0.3, -0.25) is 4.98 Å². The number of hydrogen-bond donors (Lipinski definition) is 1. The summed E-state index contributed by atoms with van der Waals surface area (Å²) in [5.74, 6) is 0. The number of aromatic nitrogens is 1. The molecule has 0 saturated carbocycles. The SMILES string of the molecule is CCC(N)(CC)COCc1cc(C)nc2ccccc12. The van der Waals surface area contributed by atoms with Crippen molar-refractivity contribution in [3.05, 3.63) is 41.6 Å². The molecule has 0 aliphatic heterocycles. The van der Waals surface area contributed by atoms with E-state index in [1.807, 2.05) is 25.1 Å². The maximum absolute atomic E-state index is 6.27. The summed E-state index contributed by atoms with van der Waals surface area (Å²) in [5.41, 5.74) is 9.28. The van der Waals surface area contributed by atoms with Gasteiger partial charge in [0.25, 0.3) is 0 Å². The van der Waals surface area contributed by atoms with Gasteiger partial charge in [0.05, 0.1) is 18.7 Å². The zero-order chi connectivity index (χ0) is 14.6. The van der Waals surface area contributed by atoms with Crippen LogP contribution in [-0.2, 0) is 11.3 Å². The first-order valence-electron chi connectivity index (χ1n) is 7.30. The van der Waals surface area contributed by atoms with Gasteiger partial charge >= 0.3 is 0 Å². The summed E-state index contributed by atoms with van der Waals surface area (Å²) in [6.45, 7) is 7.41. The average Bonchev–Trinajstić information content (AvgIpc) is 2.46. The van der Waals surface area contributed by atoms with Crippen LogP contribution in [0.2, 0.25) is 0 Å². The predicted molar refractivity (Wildman–Crippen MR) is 83.6 cm³/mol. The van der Waals surface area contributed by atoms with Crippen molar-refractivity contribution in [2.24, 2.45) is 5.73 Å². The highest BCUT2D eigenvalue weighted by Crippen LogP contribution is 2.20. The van der Waals surface area contributed by atoms with Gasteiger partial charge in [0.1, 0.15) is 0 Å². The van der Waals surface area contributed by atoms with Crippen LogP contribution in [0, 0.1) is 6.92 Å². The van der Waals surface area contributed by atoms with Crippen molar-refractivity contribution in [1.29, 1.82) is 0 Å². The predicted octanol–water partition coefficient (Wildman–Crippen LogP) is 3.58. The van der Waals surface area contributed by atoms with Crippen molar-refractivity contribution in [2.45, 2.75) is 45.8 Å². The van der Waals surface area contributed by atoms with E-state index in [-0.39, 0.29) is 5.54 Å². The van der Waals surface area contributed by atoms with Gasteiger partial charge in [-0.2, -0.15) is 0 Å².